The van der Waals surface area contributed by atoms with Crippen LogP contribution in [0.3, 0.4) is 0 Å². The quantitative estimate of drug-likeness (QED) is 0.724. The molecule has 1 aliphatic rings. The number of thioether (sulfide) groups is 1. The predicted molar refractivity (Wildman–Crippen MR) is 58.8 cm³/mol. The van der Waals surface area contributed by atoms with E-state index in [0.29, 0.717) is 18.2 Å². The SMILES string of the molecule is C=CCN(C)C(=O)N1CSC[C@H]1C(=O)O. The zero-order valence-corrected chi connectivity index (χ0v) is 9.37. The van der Waals surface area contributed by atoms with Crippen LogP contribution in [-0.2, 0) is 4.79 Å². The Morgan fingerprint density at radius 3 is 2.93 bits per heavy atom. The molecule has 0 unspecified atom stereocenters. The summed E-state index contributed by atoms with van der Waals surface area (Å²) in [6, 6.07) is -0.956. The lowest BCUT2D eigenvalue weighted by Crippen LogP contribution is -2.47. The third-order valence-corrected chi connectivity index (χ3v) is 3.15. The molecule has 1 heterocycles. The highest BCUT2D eigenvalue weighted by molar-refractivity contribution is 7.99. The summed E-state index contributed by atoms with van der Waals surface area (Å²) >= 11 is 1.45. The third kappa shape index (κ3) is 2.65. The normalized spacial score (nSPS) is 20.1. The molecule has 1 atom stereocenters. The van der Waals surface area contributed by atoms with Gasteiger partial charge >= 0.3 is 12.0 Å². The number of rotatable bonds is 3. The first-order chi connectivity index (χ1) is 7.07. The van der Waals surface area contributed by atoms with Crippen molar-refractivity contribution in [3.05, 3.63) is 12.7 Å². The Bertz CT molecular complexity index is 283. The van der Waals surface area contributed by atoms with Crippen LogP contribution in [0.2, 0.25) is 0 Å². The van der Waals surface area contributed by atoms with Gasteiger partial charge in [0.25, 0.3) is 0 Å². The second kappa shape index (κ2) is 5.06. The molecule has 2 amide bonds. The number of urea groups is 1. The molecular formula is C9H14N2O3S. The summed E-state index contributed by atoms with van der Waals surface area (Å²) in [5, 5.41) is 8.90. The lowest BCUT2D eigenvalue weighted by Gasteiger charge is -2.26. The van der Waals surface area contributed by atoms with Gasteiger partial charge in [-0.05, 0) is 0 Å². The van der Waals surface area contributed by atoms with E-state index in [1.807, 2.05) is 0 Å². The van der Waals surface area contributed by atoms with Crippen molar-refractivity contribution in [2.45, 2.75) is 6.04 Å². The molecule has 0 spiro atoms. The molecule has 6 heteroatoms. The van der Waals surface area contributed by atoms with Gasteiger partial charge in [0, 0.05) is 19.3 Å². The van der Waals surface area contributed by atoms with Crippen molar-refractivity contribution in [1.82, 2.24) is 9.80 Å². The molecule has 0 saturated carbocycles. The van der Waals surface area contributed by atoms with Crippen molar-refractivity contribution in [3.63, 3.8) is 0 Å². The average Bonchev–Trinajstić information content (AvgIpc) is 2.65. The molecule has 0 aliphatic carbocycles. The highest BCUT2D eigenvalue weighted by Crippen LogP contribution is 2.22. The number of carboxylic acid groups (broad SMARTS) is 1. The van der Waals surface area contributed by atoms with Gasteiger partial charge in [-0.1, -0.05) is 6.08 Å². The highest BCUT2D eigenvalue weighted by atomic mass is 32.2. The zero-order valence-electron chi connectivity index (χ0n) is 8.55. The number of hydrogen-bond donors (Lipinski definition) is 1. The van der Waals surface area contributed by atoms with Gasteiger partial charge in [-0.25, -0.2) is 9.59 Å². The molecule has 0 aromatic carbocycles. The van der Waals surface area contributed by atoms with Gasteiger partial charge in [0.2, 0.25) is 0 Å². The van der Waals surface area contributed by atoms with Gasteiger partial charge < -0.3 is 14.9 Å². The Kier molecular flexibility index (Phi) is 4.02. The molecule has 84 valence electrons. The van der Waals surface area contributed by atoms with Crippen LogP contribution in [0.5, 0.6) is 0 Å². The smallest absolute Gasteiger partial charge is 0.327 e. The molecule has 1 fully saturated rings. The van der Waals surface area contributed by atoms with Gasteiger partial charge in [-0.15, -0.1) is 18.3 Å². The fourth-order valence-electron chi connectivity index (χ4n) is 1.33. The Hall–Kier alpha value is -1.17. The molecule has 15 heavy (non-hydrogen) atoms. The van der Waals surface area contributed by atoms with Gasteiger partial charge in [-0.3, -0.25) is 0 Å². The molecule has 0 bridgehead atoms. The largest absolute Gasteiger partial charge is 0.480 e. The molecule has 0 aromatic heterocycles. The van der Waals surface area contributed by atoms with Crippen LogP contribution in [0, 0.1) is 0 Å². The number of hydrogen-bond acceptors (Lipinski definition) is 3. The maximum Gasteiger partial charge on any atom is 0.327 e. The molecule has 1 N–H and O–H groups in total. The van der Waals surface area contributed by atoms with Crippen molar-refractivity contribution < 1.29 is 14.7 Å². The third-order valence-electron chi connectivity index (χ3n) is 2.14. The standard InChI is InChI=1S/C9H14N2O3S/c1-3-4-10(2)9(14)11-6-15-5-7(11)8(12)13/h3,7H,1,4-6H2,2H3,(H,12,13)/t7-/m0/s1. The molecule has 0 aromatic rings. The fraction of sp³-hybridized carbons (Fsp3) is 0.556. The highest BCUT2D eigenvalue weighted by Gasteiger charge is 2.35. The van der Waals surface area contributed by atoms with E-state index in [9.17, 15) is 9.59 Å². The van der Waals surface area contributed by atoms with Crippen LogP contribution in [-0.4, -0.2) is 58.2 Å². The van der Waals surface area contributed by atoms with E-state index in [2.05, 4.69) is 6.58 Å². The van der Waals surface area contributed by atoms with Gasteiger partial charge in [0.1, 0.15) is 6.04 Å². The van der Waals surface area contributed by atoms with E-state index in [0.717, 1.165) is 0 Å². The van der Waals surface area contributed by atoms with Crippen LogP contribution >= 0.6 is 11.8 Å². The van der Waals surface area contributed by atoms with E-state index < -0.39 is 12.0 Å². The van der Waals surface area contributed by atoms with Crippen molar-refractivity contribution in [2.24, 2.45) is 0 Å². The molecule has 1 saturated heterocycles. The molecule has 0 radical (unpaired) electrons. The summed E-state index contributed by atoms with van der Waals surface area (Å²) in [6.07, 6.45) is 1.61. The Morgan fingerprint density at radius 2 is 2.40 bits per heavy atom. The zero-order chi connectivity index (χ0) is 11.4. The maximum atomic E-state index is 11.8. The topological polar surface area (TPSA) is 60.9 Å². The second-order valence-corrected chi connectivity index (χ2v) is 4.28. The fourth-order valence-corrected chi connectivity index (χ4v) is 2.47. The van der Waals surface area contributed by atoms with Crippen LogP contribution < -0.4 is 0 Å². The van der Waals surface area contributed by atoms with Gasteiger partial charge in [0.05, 0.1) is 5.88 Å². The number of nitrogens with zero attached hydrogens (tertiary/aromatic N) is 2. The summed E-state index contributed by atoms with van der Waals surface area (Å²) in [5.74, 6) is -0.0411. The van der Waals surface area contributed by atoms with Crippen LogP contribution in [0.25, 0.3) is 0 Å². The second-order valence-electron chi connectivity index (χ2n) is 3.28. The predicted octanol–water partition coefficient (Wildman–Crippen LogP) is 0.684. The molecule has 1 aliphatic heterocycles. The summed E-state index contributed by atoms with van der Waals surface area (Å²) in [7, 11) is 1.63. The Balaban J connectivity index is 2.65. The van der Waals surface area contributed by atoms with E-state index in [-0.39, 0.29) is 6.03 Å². The van der Waals surface area contributed by atoms with Gasteiger partial charge in [-0.2, -0.15) is 0 Å². The molecular weight excluding hydrogens is 216 g/mol. The first-order valence-electron chi connectivity index (χ1n) is 4.51. The number of carboxylic acids is 1. The summed E-state index contributed by atoms with van der Waals surface area (Å²) < 4.78 is 0. The summed E-state index contributed by atoms with van der Waals surface area (Å²) in [5.41, 5.74) is 0. The minimum absolute atomic E-state index is 0.257. The minimum Gasteiger partial charge on any atom is -0.480 e. The molecule has 5 nitrogen and oxygen atoms in total. The van der Waals surface area contributed by atoms with Crippen LogP contribution in [0.1, 0.15) is 0 Å². The number of likely N-dealkylation sites (N-methyl/N-ethyl adjacent to an activating group) is 1. The van der Waals surface area contributed by atoms with Crippen LogP contribution in [0.15, 0.2) is 12.7 Å². The molecule has 1 rings (SSSR count). The average molecular weight is 230 g/mol. The number of aliphatic carboxylic acids is 1. The van der Waals surface area contributed by atoms with E-state index in [1.165, 1.54) is 21.6 Å². The van der Waals surface area contributed by atoms with E-state index in [4.69, 9.17) is 5.11 Å². The van der Waals surface area contributed by atoms with Crippen molar-refractivity contribution in [1.29, 1.82) is 0 Å². The summed E-state index contributed by atoms with van der Waals surface area (Å²) in [4.78, 5) is 25.5. The Labute approximate surface area is 92.7 Å². The lowest BCUT2D eigenvalue weighted by molar-refractivity contribution is -0.140. The monoisotopic (exact) mass is 230 g/mol. The first kappa shape index (κ1) is 11.9. The Morgan fingerprint density at radius 1 is 1.73 bits per heavy atom. The number of amides is 2. The first-order valence-corrected chi connectivity index (χ1v) is 5.66. The van der Waals surface area contributed by atoms with Crippen LogP contribution in [0.4, 0.5) is 4.79 Å². The van der Waals surface area contributed by atoms with Crippen molar-refractivity contribution in [2.75, 3.05) is 25.2 Å². The lowest BCUT2D eigenvalue weighted by atomic mass is 10.3. The van der Waals surface area contributed by atoms with E-state index in [1.54, 1.807) is 13.1 Å². The minimum atomic E-state index is -0.944. The number of carbonyl (C=O) groups excluding carboxylic acids is 1. The van der Waals surface area contributed by atoms with Gasteiger partial charge in [0.15, 0.2) is 0 Å². The number of carbonyl (C=O) groups is 2. The van der Waals surface area contributed by atoms with Crippen molar-refractivity contribution in [3.8, 4) is 0 Å². The van der Waals surface area contributed by atoms with Crippen molar-refractivity contribution >= 4 is 23.8 Å². The summed E-state index contributed by atoms with van der Waals surface area (Å²) in [6.45, 7) is 3.95. The van der Waals surface area contributed by atoms with E-state index >= 15 is 0 Å². The maximum absolute atomic E-state index is 11.8.